The normalized spacial score (nSPS) is 13.2. The van der Waals surface area contributed by atoms with Crippen molar-refractivity contribution in [1.29, 1.82) is 0 Å². The predicted octanol–water partition coefficient (Wildman–Crippen LogP) is 3.64. The van der Waals surface area contributed by atoms with Crippen molar-refractivity contribution >= 4 is 57.2 Å². The lowest BCUT2D eigenvalue weighted by Gasteiger charge is -2.47. The molecule has 0 unspecified atom stereocenters. The van der Waals surface area contributed by atoms with Crippen LogP contribution < -0.4 is 5.73 Å². The van der Waals surface area contributed by atoms with Crippen LogP contribution in [0.25, 0.3) is 0 Å². The van der Waals surface area contributed by atoms with E-state index in [-0.39, 0.29) is 18.3 Å². The van der Waals surface area contributed by atoms with Gasteiger partial charge in [-0.2, -0.15) is 0 Å². The predicted molar refractivity (Wildman–Crippen MR) is 128 cm³/mol. The van der Waals surface area contributed by atoms with Crippen LogP contribution in [0.15, 0.2) is 12.2 Å². The molecule has 0 atom stereocenters. The molecule has 0 aliphatic rings. The van der Waals surface area contributed by atoms with Crippen LogP contribution in [0.5, 0.6) is 0 Å². The number of nitrogens with two attached hydrogens (primary N) is 1. The number of hydrogen-bond acceptors (Lipinski definition) is 6. The summed E-state index contributed by atoms with van der Waals surface area (Å²) in [5.74, 6) is -0.460. The number of carbonyl (C=O) groups is 1. The van der Waals surface area contributed by atoms with E-state index in [1.165, 1.54) is 0 Å². The van der Waals surface area contributed by atoms with Gasteiger partial charge >= 0.3 is 14.9 Å². The van der Waals surface area contributed by atoms with Crippen molar-refractivity contribution in [2.75, 3.05) is 13.2 Å². The van der Waals surface area contributed by atoms with E-state index in [0.717, 1.165) is 0 Å². The summed E-state index contributed by atoms with van der Waals surface area (Å²) < 4.78 is 26.8. The molecule has 0 saturated carbocycles. The first-order valence-electron chi connectivity index (χ1n) is 9.28. The fourth-order valence-corrected chi connectivity index (χ4v) is 15.4. The summed E-state index contributed by atoms with van der Waals surface area (Å²) in [6.07, 6.45) is 0. The molecule has 7 nitrogen and oxygen atoms in total. The summed E-state index contributed by atoms with van der Waals surface area (Å²) in [7, 11) is -9.76. The van der Waals surface area contributed by atoms with Gasteiger partial charge in [-0.1, -0.05) is 6.58 Å². The van der Waals surface area contributed by atoms with Crippen molar-refractivity contribution in [2.24, 2.45) is 5.73 Å². The number of carbonyl (C=O) groups excluding carboxylic acids is 1. The first kappa shape index (κ1) is 27.6. The van der Waals surface area contributed by atoms with Gasteiger partial charge in [0.2, 0.25) is 0 Å². The highest BCUT2D eigenvalue weighted by Crippen LogP contribution is 2.28. The second-order valence-corrected chi connectivity index (χ2v) is 26.7. The molecular weight excluding hydrogens is 445 g/mol. The lowest BCUT2D eigenvalue weighted by Crippen LogP contribution is -2.72. The molecule has 2 N–H and O–H groups in total. The lowest BCUT2D eigenvalue weighted by molar-refractivity contribution is -0.139. The largest absolute Gasteiger partial charge is 0.603 e. The Hall–Kier alpha value is -0.352. The van der Waals surface area contributed by atoms with E-state index < -0.39 is 39.9 Å². The van der Waals surface area contributed by atoms with Gasteiger partial charge in [-0.25, -0.2) is 4.79 Å². The molecule has 0 saturated heterocycles. The maximum Gasteiger partial charge on any atom is 0.603 e. The third-order valence-electron chi connectivity index (χ3n) is 2.80. The SMILES string of the molecule is C=C(C)C(=O)OCCN(C(N)=S)[Si](O[Si](C)(C)C)(O[Si](C)(C)C)O[Si](C)(C)C. The summed E-state index contributed by atoms with van der Waals surface area (Å²) in [6.45, 7) is 24.2. The van der Waals surface area contributed by atoms with Gasteiger partial charge < -0.3 is 27.4 Å². The molecule has 0 rings (SSSR count). The van der Waals surface area contributed by atoms with E-state index in [1.807, 2.05) is 0 Å². The summed E-state index contributed by atoms with van der Waals surface area (Å²) in [5, 5.41) is 0.118. The van der Waals surface area contributed by atoms with E-state index in [1.54, 1.807) is 11.5 Å². The van der Waals surface area contributed by atoms with E-state index in [9.17, 15) is 4.79 Å². The van der Waals surface area contributed by atoms with Crippen molar-refractivity contribution in [3.8, 4) is 0 Å². The topological polar surface area (TPSA) is 83.3 Å². The van der Waals surface area contributed by atoms with Crippen molar-refractivity contribution < 1.29 is 21.9 Å². The van der Waals surface area contributed by atoms with Gasteiger partial charge in [0, 0.05) is 5.57 Å². The number of thiocarbonyl (C=S) groups is 1. The van der Waals surface area contributed by atoms with Gasteiger partial charge in [-0.3, -0.25) is 0 Å². The minimum Gasteiger partial charge on any atom is -0.460 e. The molecule has 0 aliphatic heterocycles. The van der Waals surface area contributed by atoms with Crippen molar-refractivity contribution in [3.63, 3.8) is 0 Å². The van der Waals surface area contributed by atoms with Crippen LogP contribution >= 0.6 is 12.2 Å². The molecule has 0 heterocycles. The Bertz CT molecular complexity index is 544. The maximum absolute atomic E-state index is 11.8. The van der Waals surface area contributed by atoms with E-state index in [2.05, 4.69) is 65.5 Å². The summed E-state index contributed by atoms with van der Waals surface area (Å²) >= 11 is 5.35. The molecule has 0 radical (unpaired) electrons. The standard InChI is InChI=1S/C16H38N2O5SSi4/c1-14(2)15(19)20-13-12-18(16(17)24)28(21-25(3,4)5,22-26(6,7)8)23-27(9,10)11/h1,12-13H2,2-11H3,(H2,17,24). The zero-order chi connectivity index (χ0) is 22.6. The molecule has 12 heteroatoms. The molecule has 164 valence electrons. The average molecular weight is 483 g/mol. The first-order chi connectivity index (χ1) is 12.3. The number of hydrogen-bond donors (Lipinski definition) is 1. The van der Waals surface area contributed by atoms with Gasteiger partial charge in [0.25, 0.3) is 0 Å². The molecule has 28 heavy (non-hydrogen) atoms. The van der Waals surface area contributed by atoms with Crippen LogP contribution in [0.1, 0.15) is 6.92 Å². The Morgan fingerprint density at radius 3 is 1.54 bits per heavy atom. The van der Waals surface area contributed by atoms with Crippen molar-refractivity contribution in [1.82, 2.24) is 4.57 Å². The van der Waals surface area contributed by atoms with Gasteiger partial charge in [-0.15, -0.1) is 0 Å². The fraction of sp³-hybridized carbons (Fsp3) is 0.750. The third-order valence-corrected chi connectivity index (χ3v) is 14.8. The molecule has 0 aromatic heterocycles. The zero-order valence-corrected chi connectivity index (χ0v) is 23.9. The molecule has 0 aromatic rings. The smallest absolute Gasteiger partial charge is 0.460 e. The zero-order valence-electron chi connectivity index (χ0n) is 19.1. The minimum absolute atomic E-state index is 0.0803. The maximum atomic E-state index is 11.8. The Labute approximate surface area is 180 Å². The highest BCUT2D eigenvalue weighted by atomic mass is 32.1. The number of esters is 1. The molecular formula is C16H38N2O5SSi4. The van der Waals surface area contributed by atoms with Crippen LogP contribution in [-0.2, 0) is 21.9 Å². The molecule has 0 spiro atoms. The van der Waals surface area contributed by atoms with Crippen LogP contribution in [-0.4, -0.2) is 62.7 Å². The Kier molecular flexibility index (Phi) is 9.98. The van der Waals surface area contributed by atoms with Crippen LogP contribution in [0.4, 0.5) is 0 Å². The van der Waals surface area contributed by atoms with E-state index >= 15 is 0 Å². The van der Waals surface area contributed by atoms with E-state index in [0.29, 0.717) is 5.57 Å². The van der Waals surface area contributed by atoms with Gasteiger partial charge in [0.05, 0.1) is 6.54 Å². The quantitative estimate of drug-likeness (QED) is 0.207. The van der Waals surface area contributed by atoms with Crippen molar-refractivity contribution in [2.45, 2.75) is 65.8 Å². The van der Waals surface area contributed by atoms with Crippen molar-refractivity contribution in [3.05, 3.63) is 12.2 Å². The second-order valence-electron chi connectivity index (χ2n) is 9.57. The summed E-state index contributed by atoms with van der Waals surface area (Å²) in [6, 6.07) is 0. The monoisotopic (exact) mass is 482 g/mol. The molecule has 0 fully saturated rings. The molecule has 0 aliphatic carbocycles. The van der Waals surface area contributed by atoms with E-state index in [4.69, 9.17) is 35.0 Å². The molecule has 0 bridgehead atoms. The van der Waals surface area contributed by atoms with Gasteiger partial charge in [0.15, 0.2) is 30.1 Å². The minimum atomic E-state index is -3.45. The molecule has 0 amide bonds. The Balaban J connectivity index is 6.08. The average Bonchev–Trinajstić information content (AvgIpc) is 2.35. The highest BCUT2D eigenvalue weighted by Gasteiger charge is 2.57. The number of nitrogens with zero attached hydrogens (tertiary/aromatic N) is 1. The summed E-state index contributed by atoms with van der Waals surface area (Å²) in [4.78, 5) is 11.8. The third kappa shape index (κ3) is 11.0. The second kappa shape index (κ2) is 10.1. The number of ether oxygens (including phenoxy) is 1. The number of rotatable bonds is 11. The van der Waals surface area contributed by atoms with Gasteiger partial charge in [-0.05, 0) is 78.1 Å². The molecule has 0 aromatic carbocycles. The lowest BCUT2D eigenvalue weighted by atomic mass is 10.4. The van der Waals surface area contributed by atoms with Crippen LogP contribution in [0.2, 0.25) is 58.9 Å². The fourth-order valence-electron chi connectivity index (χ4n) is 2.12. The van der Waals surface area contributed by atoms with Gasteiger partial charge in [0.1, 0.15) is 6.61 Å². The summed E-state index contributed by atoms with van der Waals surface area (Å²) in [5.41, 5.74) is 6.43. The van der Waals surface area contributed by atoms with Crippen LogP contribution in [0, 0.1) is 0 Å². The Morgan fingerprint density at radius 2 is 1.29 bits per heavy atom. The van der Waals surface area contributed by atoms with Crippen LogP contribution in [0.3, 0.4) is 0 Å². The Morgan fingerprint density at radius 1 is 0.929 bits per heavy atom. The first-order valence-corrected chi connectivity index (χ1v) is 21.6. The highest BCUT2D eigenvalue weighted by molar-refractivity contribution is 7.80.